The first kappa shape index (κ1) is 14.9. The molecule has 0 unspecified atom stereocenters. The van der Waals surface area contributed by atoms with Crippen molar-refractivity contribution in [3.05, 3.63) is 0 Å². The Bertz CT molecular complexity index is 319. The van der Waals surface area contributed by atoms with Crippen molar-refractivity contribution in [2.75, 3.05) is 12.3 Å². The summed E-state index contributed by atoms with van der Waals surface area (Å²) >= 11 is 0. The van der Waals surface area contributed by atoms with Gasteiger partial charge in [0.25, 0.3) is 0 Å². The van der Waals surface area contributed by atoms with Crippen LogP contribution in [0.5, 0.6) is 0 Å². The van der Waals surface area contributed by atoms with Gasteiger partial charge < -0.3 is 5.11 Å². The summed E-state index contributed by atoms with van der Waals surface area (Å²) in [6.45, 7) is 3.85. The van der Waals surface area contributed by atoms with Crippen molar-refractivity contribution in [1.29, 1.82) is 0 Å². The molecule has 1 saturated carbocycles. The molecule has 0 saturated heterocycles. The molecule has 0 aromatic rings. The van der Waals surface area contributed by atoms with E-state index in [4.69, 9.17) is 0 Å². The highest BCUT2D eigenvalue weighted by atomic mass is 32.2. The summed E-state index contributed by atoms with van der Waals surface area (Å²) in [5.41, 5.74) is -0.907. The molecule has 2 N–H and O–H groups in total. The molecule has 1 aliphatic rings. The van der Waals surface area contributed by atoms with Gasteiger partial charge in [0.1, 0.15) is 0 Å². The average molecular weight is 263 g/mol. The van der Waals surface area contributed by atoms with E-state index >= 15 is 0 Å². The first-order valence-corrected chi connectivity index (χ1v) is 8.22. The number of hydrogen-bond donors (Lipinski definition) is 2. The van der Waals surface area contributed by atoms with Crippen LogP contribution < -0.4 is 4.72 Å². The molecule has 17 heavy (non-hydrogen) atoms. The van der Waals surface area contributed by atoms with Crippen molar-refractivity contribution in [1.82, 2.24) is 4.72 Å². The number of aliphatic hydroxyl groups is 1. The van der Waals surface area contributed by atoms with Crippen molar-refractivity contribution in [3.63, 3.8) is 0 Å². The Balaban J connectivity index is 2.42. The molecule has 4 nitrogen and oxygen atoms in total. The van der Waals surface area contributed by atoms with E-state index in [2.05, 4.69) is 4.72 Å². The Morgan fingerprint density at radius 2 is 1.94 bits per heavy atom. The van der Waals surface area contributed by atoms with Crippen LogP contribution in [0, 0.1) is 5.92 Å². The van der Waals surface area contributed by atoms with Crippen molar-refractivity contribution in [2.24, 2.45) is 5.92 Å². The van der Waals surface area contributed by atoms with Crippen LogP contribution in [0.2, 0.25) is 0 Å². The molecule has 0 aromatic heterocycles. The fourth-order valence-electron chi connectivity index (χ4n) is 2.35. The van der Waals surface area contributed by atoms with Gasteiger partial charge in [-0.15, -0.1) is 0 Å². The van der Waals surface area contributed by atoms with Gasteiger partial charge in [-0.2, -0.15) is 0 Å². The molecule has 0 amide bonds. The monoisotopic (exact) mass is 263 g/mol. The lowest BCUT2D eigenvalue weighted by molar-refractivity contribution is 0.00696. The quantitative estimate of drug-likeness (QED) is 0.734. The summed E-state index contributed by atoms with van der Waals surface area (Å²) in [4.78, 5) is 0. The van der Waals surface area contributed by atoms with E-state index in [9.17, 15) is 13.5 Å². The maximum absolute atomic E-state index is 11.6. The Kier molecular flexibility index (Phi) is 5.41. The molecular weight excluding hydrogens is 238 g/mol. The first-order valence-electron chi connectivity index (χ1n) is 6.57. The van der Waals surface area contributed by atoms with Crippen LogP contribution in [0.4, 0.5) is 0 Å². The predicted molar refractivity (Wildman–Crippen MR) is 69.3 cm³/mol. The predicted octanol–water partition coefficient (Wildman–Crippen LogP) is 1.65. The highest BCUT2D eigenvalue weighted by molar-refractivity contribution is 7.89. The number of nitrogens with one attached hydrogen (secondary N) is 1. The molecule has 5 heteroatoms. The molecule has 102 valence electrons. The second-order valence-corrected chi connectivity index (χ2v) is 7.26. The third kappa shape index (κ3) is 4.94. The molecule has 0 bridgehead atoms. The van der Waals surface area contributed by atoms with E-state index < -0.39 is 15.6 Å². The van der Waals surface area contributed by atoms with Gasteiger partial charge in [0.05, 0.1) is 11.4 Å². The van der Waals surface area contributed by atoms with Crippen LogP contribution >= 0.6 is 0 Å². The topological polar surface area (TPSA) is 66.4 Å². The highest BCUT2D eigenvalue weighted by Crippen LogP contribution is 2.33. The lowest BCUT2D eigenvalue weighted by Crippen LogP contribution is -2.45. The molecular formula is C12H25NO3S. The zero-order valence-electron chi connectivity index (χ0n) is 10.9. The van der Waals surface area contributed by atoms with Gasteiger partial charge in [0.15, 0.2) is 0 Å². The first-order chi connectivity index (χ1) is 7.87. The van der Waals surface area contributed by atoms with Crippen molar-refractivity contribution in [3.8, 4) is 0 Å². The highest BCUT2D eigenvalue weighted by Gasteiger charge is 2.34. The molecule has 0 aromatic carbocycles. The van der Waals surface area contributed by atoms with Crippen molar-refractivity contribution < 1.29 is 13.5 Å². The third-order valence-electron chi connectivity index (χ3n) is 3.65. The fourth-order valence-corrected chi connectivity index (χ4v) is 3.68. The number of unbranched alkanes of at least 4 members (excludes halogenated alkanes) is 1. The molecule has 0 aliphatic heterocycles. The van der Waals surface area contributed by atoms with E-state index in [1.165, 1.54) is 0 Å². The lowest BCUT2D eigenvalue weighted by atomic mass is 9.88. The van der Waals surface area contributed by atoms with E-state index in [0.29, 0.717) is 6.42 Å². The summed E-state index contributed by atoms with van der Waals surface area (Å²) in [7, 11) is -3.22. The molecule has 0 spiro atoms. The van der Waals surface area contributed by atoms with Gasteiger partial charge in [-0.25, -0.2) is 13.1 Å². The minimum absolute atomic E-state index is 0.143. The zero-order chi connectivity index (χ0) is 12.9. The normalized spacial score (nSPS) is 21.6. The van der Waals surface area contributed by atoms with Gasteiger partial charge in [0, 0.05) is 6.54 Å². The molecule has 0 radical (unpaired) electrons. The van der Waals surface area contributed by atoms with E-state index in [1.807, 2.05) is 6.92 Å². The standard InChI is InChI=1S/C12H25NO3S/c1-3-4-9-17(15,16)13-10-12(2,14)11-7-5-6-8-11/h11,13-14H,3-10H2,1-2H3/t12-/m0/s1. The molecule has 0 heterocycles. The Hall–Kier alpha value is -0.130. The molecule has 1 fully saturated rings. The Labute approximate surface area is 105 Å². The summed E-state index contributed by atoms with van der Waals surface area (Å²) in [5, 5.41) is 10.3. The maximum atomic E-state index is 11.6. The van der Waals surface area contributed by atoms with Crippen LogP contribution in [0.1, 0.15) is 52.4 Å². The molecule has 1 aliphatic carbocycles. The largest absolute Gasteiger partial charge is 0.389 e. The molecule has 1 atom stereocenters. The maximum Gasteiger partial charge on any atom is 0.211 e. The van der Waals surface area contributed by atoms with Gasteiger partial charge >= 0.3 is 0 Å². The summed E-state index contributed by atoms with van der Waals surface area (Å²) in [6.07, 6.45) is 5.82. The van der Waals surface area contributed by atoms with E-state index in [0.717, 1.165) is 32.1 Å². The second kappa shape index (κ2) is 6.16. The number of hydrogen-bond acceptors (Lipinski definition) is 3. The zero-order valence-corrected chi connectivity index (χ0v) is 11.7. The van der Waals surface area contributed by atoms with Crippen molar-refractivity contribution >= 4 is 10.0 Å². The van der Waals surface area contributed by atoms with E-state index in [1.54, 1.807) is 6.92 Å². The van der Waals surface area contributed by atoms with Crippen molar-refractivity contribution in [2.45, 2.75) is 58.0 Å². The number of sulfonamides is 1. The second-order valence-electron chi connectivity index (χ2n) is 5.33. The van der Waals surface area contributed by atoms with Crippen LogP contribution in [0.25, 0.3) is 0 Å². The Morgan fingerprint density at radius 1 is 1.35 bits per heavy atom. The summed E-state index contributed by atoms with van der Waals surface area (Å²) < 4.78 is 25.8. The minimum atomic E-state index is -3.22. The Morgan fingerprint density at radius 3 is 2.47 bits per heavy atom. The minimum Gasteiger partial charge on any atom is -0.389 e. The van der Waals surface area contributed by atoms with Gasteiger partial charge in [-0.1, -0.05) is 26.2 Å². The van der Waals surface area contributed by atoms with Gasteiger partial charge in [-0.3, -0.25) is 0 Å². The van der Waals surface area contributed by atoms with Crippen LogP contribution in [-0.2, 0) is 10.0 Å². The lowest BCUT2D eigenvalue weighted by Gasteiger charge is -2.30. The third-order valence-corrected chi connectivity index (χ3v) is 5.06. The smallest absolute Gasteiger partial charge is 0.211 e. The molecule has 1 rings (SSSR count). The van der Waals surface area contributed by atoms with Crippen LogP contribution in [0.15, 0.2) is 0 Å². The SMILES string of the molecule is CCCCS(=O)(=O)NC[C@](C)(O)C1CCCC1. The van der Waals surface area contributed by atoms with Gasteiger partial charge in [0.2, 0.25) is 10.0 Å². The summed E-state index contributed by atoms with van der Waals surface area (Å²) in [6, 6.07) is 0. The fraction of sp³-hybridized carbons (Fsp3) is 1.00. The van der Waals surface area contributed by atoms with Crippen LogP contribution in [-0.4, -0.2) is 31.4 Å². The summed E-state index contributed by atoms with van der Waals surface area (Å²) in [5.74, 6) is 0.390. The average Bonchev–Trinajstić information content (AvgIpc) is 2.78. The van der Waals surface area contributed by atoms with Crippen LogP contribution in [0.3, 0.4) is 0 Å². The van der Waals surface area contributed by atoms with E-state index in [-0.39, 0.29) is 18.2 Å². The van der Waals surface area contributed by atoms with Gasteiger partial charge in [-0.05, 0) is 32.1 Å². The number of rotatable bonds is 7.